The van der Waals surface area contributed by atoms with Crippen molar-refractivity contribution in [1.82, 2.24) is 4.90 Å². The number of nitrogens with two attached hydrogens (primary N) is 1. The summed E-state index contributed by atoms with van der Waals surface area (Å²) in [6.07, 6.45) is 0.446. The molecule has 5 rings (SSSR count). The molecule has 0 aromatic heterocycles. The van der Waals surface area contributed by atoms with Gasteiger partial charge in [-0.3, -0.25) is 28.9 Å². The van der Waals surface area contributed by atoms with E-state index in [-0.39, 0.29) is 60.6 Å². The SMILES string of the molecule is CC(=O)c1ccc(CC(=O)CCc2cc(N(C)C)c3c(c2O)C(O)=C2C(=O)C4(O)C(O)=C(C(N)=O)C(=O)C(N(C)C)C4CC2C3)cc1. The molecule has 12 nitrogen and oxygen atoms in total. The van der Waals surface area contributed by atoms with Gasteiger partial charge in [0.15, 0.2) is 17.2 Å². The summed E-state index contributed by atoms with van der Waals surface area (Å²) in [6, 6.07) is 7.34. The molecule has 6 N–H and O–H groups in total. The molecule has 3 aliphatic rings. The summed E-state index contributed by atoms with van der Waals surface area (Å²) in [5.74, 6) is -7.29. The number of anilines is 1. The van der Waals surface area contributed by atoms with Crippen LogP contribution in [-0.4, -0.2) is 94.2 Å². The summed E-state index contributed by atoms with van der Waals surface area (Å²) >= 11 is 0. The lowest BCUT2D eigenvalue weighted by molar-refractivity contribution is -0.153. The first-order valence-electron chi connectivity index (χ1n) is 15.3. The molecule has 0 bridgehead atoms. The second-order valence-corrected chi connectivity index (χ2v) is 13.1. The van der Waals surface area contributed by atoms with Crippen molar-refractivity contribution in [2.75, 3.05) is 33.1 Å². The van der Waals surface area contributed by atoms with Crippen LogP contribution in [0.3, 0.4) is 0 Å². The van der Waals surface area contributed by atoms with Crippen LogP contribution in [0.1, 0.15) is 52.4 Å². The van der Waals surface area contributed by atoms with Crippen LogP contribution in [0.5, 0.6) is 5.75 Å². The molecular formula is C35H39N3O9. The summed E-state index contributed by atoms with van der Waals surface area (Å²) in [6.45, 7) is 1.46. The normalized spacial score (nSPS) is 23.8. The van der Waals surface area contributed by atoms with Crippen molar-refractivity contribution < 1.29 is 44.4 Å². The summed E-state index contributed by atoms with van der Waals surface area (Å²) in [5.41, 5.74) is 4.36. The number of rotatable bonds is 9. The third-order valence-electron chi connectivity index (χ3n) is 9.69. The van der Waals surface area contributed by atoms with Crippen LogP contribution in [0.15, 0.2) is 47.2 Å². The maximum Gasteiger partial charge on any atom is 0.255 e. The number of aromatic hydroxyl groups is 1. The molecule has 2 aromatic rings. The van der Waals surface area contributed by atoms with Crippen molar-refractivity contribution in [3.63, 3.8) is 0 Å². The second-order valence-electron chi connectivity index (χ2n) is 13.1. The zero-order valence-corrected chi connectivity index (χ0v) is 27.0. The Labute approximate surface area is 271 Å². The zero-order valence-electron chi connectivity index (χ0n) is 27.0. The topological polar surface area (TPSA) is 199 Å². The van der Waals surface area contributed by atoms with E-state index in [1.165, 1.54) is 11.8 Å². The van der Waals surface area contributed by atoms with Gasteiger partial charge in [-0.25, -0.2) is 0 Å². The Morgan fingerprint density at radius 2 is 1.66 bits per heavy atom. The van der Waals surface area contributed by atoms with Crippen molar-refractivity contribution in [1.29, 1.82) is 0 Å². The average Bonchev–Trinajstić information content (AvgIpc) is 2.98. The smallest absolute Gasteiger partial charge is 0.255 e. The Morgan fingerprint density at radius 1 is 1.02 bits per heavy atom. The van der Waals surface area contributed by atoms with Crippen LogP contribution in [0.4, 0.5) is 5.69 Å². The van der Waals surface area contributed by atoms with E-state index in [0.717, 1.165) is 5.56 Å². The summed E-state index contributed by atoms with van der Waals surface area (Å²) in [5, 5.41) is 46.1. The first-order chi connectivity index (χ1) is 22.0. The highest BCUT2D eigenvalue weighted by molar-refractivity contribution is 6.24. The van der Waals surface area contributed by atoms with Crippen LogP contribution >= 0.6 is 0 Å². The maximum absolute atomic E-state index is 14.2. The minimum Gasteiger partial charge on any atom is -0.508 e. The number of ketones is 4. The summed E-state index contributed by atoms with van der Waals surface area (Å²) in [7, 11) is 6.66. The number of carbonyl (C=O) groups excluding carboxylic acids is 5. The molecule has 1 saturated carbocycles. The van der Waals surface area contributed by atoms with Crippen LogP contribution in [0.25, 0.3) is 5.76 Å². The molecule has 248 valence electrons. The molecule has 4 unspecified atom stereocenters. The number of aliphatic hydroxyl groups is 3. The summed E-state index contributed by atoms with van der Waals surface area (Å²) < 4.78 is 0. The molecule has 3 aliphatic carbocycles. The van der Waals surface area contributed by atoms with Gasteiger partial charge in [-0.2, -0.15) is 0 Å². The molecule has 0 saturated heterocycles. The molecule has 4 atom stereocenters. The minimum atomic E-state index is -2.73. The van der Waals surface area contributed by atoms with Gasteiger partial charge in [0.25, 0.3) is 5.91 Å². The minimum absolute atomic E-state index is 0.0109. The number of primary amides is 1. The predicted octanol–water partition coefficient (Wildman–Crippen LogP) is 1.98. The lowest BCUT2D eigenvalue weighted by Crippen LogP contribution is -2.65. The molecule has 47 heavy (non-hydrogen) atoms. The van der Waals surface area contributed by atoms with Gasteiger partial charge in [0.2, 0.25) is 5.78 Å². The molecule has 1 amide bonds. The fourth-order valence-electron chi connectivity index (χ4n) is 7.38. The van der Waals surface area contributed by atoms with E-state index in [1.54, 1.807) is 63.4 Å². The van der Waals surface area contributed by atoms with Gasteiger partial charge in [0.1, 0.15) is 28.6 Å². The van der Waals surface area contributed by atoms with E-state index < -0.39 is 58.0 Å². The Bertz CT molecular complexity index is 1790. The Kier molecular flexibility index (Phi) is 8.63. The summed E-state index contributed by atoms with van der Waals surface area (Å²) in [4.78, 5) is 67.4. The van der Waals surface area contributed by atoms with E-state index in [2.05, 4.69) is 0 Å². The highest BCUT2D eigenvalue weighted by Crippen LogP contribution is 2.54. The number of hydrogen-bond donors (Lipinski definition) is 5. The maximum atomic E-state index is 14.2. The largest absolute Gasteiger partial charge is 0.508 e. The van der Waals surface area contributed by atoms with Crippen molar-refractivity contribution in [3.05, 3.63) is 75.1 Å². The highest BCUT2D eigenvalue weighted by atomic mass is 16.3. The fraction of sp³-hybridized carbons (Fsp3) is 0.400. The van der Waals surface area contributed by atoms with Gasteiger partial charge >= 0.3 is 0 Å². The number of phenols is 1. The molecule has 2 aromatic carbocycles. The Morgan fingerprint density at radius 3 is 2.21 bits per heavy atom. The van der Waals surface area contributed by atoms with Crippen molar-refractivity contribution in [2.24, 2.45) is 17.6 Å². The van der Waals surface area contributed by atoms with Crippen molar-refractivity contribution in [3.8, 4) is 5.75 Å². The number of nitrogens with zero attached hydrogens (tertiary/aromatic N) is 2. The average molecular weight is 646 g/mol. The highest BCUT2D eigenvalue weighted by Gasteiger charge is 2.64. The van der Waals surface area contributed by atoms with Crippen LogP contribution in [0, 0.1) is 11.8 Å². The van der Waals surface area contributed by atoms with E-state index in [1.807, 2.05) is 0 Å². The predicted molar refractivity (Wildman–Crippen MR) is 172 cm³/mol. The van der Waals surface area contributed by atoms with Gasteiger partial charge in [-0.15, -0.1) is 0 Å². The Balaban J connectivity index is 1.54. The van der Waals surface area contributed by atoms with Crippen LogP contribution < -0.4 is 10.6 Å². The van der Waals surface area contributed by atoms with Crippen molar-refractivity contribution in [2.45, 2.75) is 50.7 Å². The van der Waals surface area contributed by atoms with E-state index >= 15 is 0 Å². The number of aryl methyl sites for hydroxylation is 1. The number of benzene rings is 2. The lowest BCUT2D eigenvalue weighted by Gasteiger charge is -2.50. The van der Waals surface area contributed by atoms with Gasteiger partial charge < -0.3 is 31.1 Å². The van der Waals surface area contributed by atoms with Gasteiger partial charge in [0.05, 0.1) is 11.6 Å². The number of phenolic OH excluding ortho intramolecular Hbond substituents is 1. The van der Waals surface area contributed by atoms with E-state index in [4.69, 9.17) is 5.73 Å². The Hall–Kier alpha value is -4.81. The molecule has 0 radical (unpaired) electrons. The van der Waals surface area contributed by atoms with Gasteiger partial charge in [-0.05, 0) is 69.0 Å². The zero-order chi connectivity index (χ0) is 34.7. The third kappa shape index (κ3) is 5.40. The number of carbonyl (C=O) groups is 5. The van der Waals surface area contributed by atoms with Crippen LogP contribution in [-0.2, 0) is 38.4 Å². The molecule has 1 fully saturated rings. The number of amides is 1. The van der Waals surface area contributed by atoms with Gasteiger partial charge in [0, 0.05) is 49.7 Å². The lowest BCUT2D eigenvalue weighted by atomic mass is 9.57. The quantitative estimate of drug-likeness (QED) is 0.197. The standard InChI is InChI=1S/C35H39N3O9/c1-16(39)18-8-6-17(7-9-18)12-21(40)11-10-19-15-24(37(2)3)22-13-20-14-23-28(38(4)5)31(43)27(34(36)46)33(45)35(23,47)32(44)25(20)30(42)26(22)29(19)41/h6-9,15,20,23,28,41-42,45,47H,10-14H2,1-5H3,(H2,36,46). The molecule has 0 spiro atoms. The number of Topliss-reactive ketones (excluding diaryl/α,β-unsaturated/α-hetero) is 4. The number of aliphatic hydroxyl groups excluding tert-OH is 2. The fourth-order valence-corrected chi connectivity index (χ4v) is 7.38. The van der Waals surface area contributed by atoms with Gasteiger partial charge in [-0.1, -0.05) is 24.3 Å². The van der Waals surface area contributed by atoms with Crippen LogP contribution in [0.2, 0.25) is 0 Å². The molecule has 0 heterocycles. The molecule has 12 heteroatoms. The number of likely N-dealkylation sites (N-methyl/N-ethyl adjacent to an activating group) is 1. The third-order valence-corrected chi connectivity index (χ3v) is 9.69. The van der Waals surface area contributed by atoms with Crippen molar-refractivity contribution >= 4 is 40.5 Å². The number of hydrogen-bond acceptors (Lipinski definition) is 11. The molecule has 0 aliphatic heterocycles. The van der Waals surface area contributed by atoms with E-state index in [0.29, 0.717) is 22.4 Å². The van der Waals surface area contributed by atoms with E-state index in [9.17, 15) is 44.4 Å². The molecular weight excluding hydrogens is 606 g/mol. The first-order valence-corrected chi connectivity index (χ1v) is 15.3. The first kappa shape index (κ1) is 33.6. The number of fused-ring (bicyclic) bond motifs is 3. The second kappa shape index (κ2) is 12.1. The monoisotopic (exact) mass is 645 g/mol.